The molecule has 1 aromatic heterocycles. The fraction of sp³-hybridized carbons (Fsp3) is 0.500. The Balaban J connectivity index is 1.66. The van der Waals surface area contributed by atoms with Gasteiger partial charge >= 0.3 is 18.2 Å². The lowest BCUT2D eigenvalue weighted by molar-refractivity contribution is 0.00429. The molecule has 0 aliphatic carbocycles. The third-order valence-electron chi connectivity index (χ3n) is 4.54. The van der Waals surface area contributed by atoms with E-state index in [4.69, 9.17) is 9.84 Å². The van der Waals surface area contributed by atoms with Gasteiger partial charge in [-0.2, -0.15) is 0 Å². The van der Waals surface area contributed by atoms with Crippen molar-refractivity contribution in [3.05, 3.63) is 29.6 Å². The van der Waals surface area contributed by atoms with Gasteiger partial charge in [0, 0.05) is 25.9 Å². The molecular formula is C16H19N3O6. The first kappa shape index (κ1) is 17.0. The third-order valence-corrected chi connectivity index (χ3v) is 4.54. The Morgan fingerprint density at radius 1 is 1.36 bits per heavy atom. The largest absolute Gasteiger partial charge is 0.465 e. The van der Waals surface area contributed by atoms with Gasteiger partial charge in [0.05, 0.1) is 25.9 Å². The van der Waals surface area contributed by atoms with E-state index in [1.165, 1.54) is 16.9 Å². The van der Waals surface area contributed by atoms with Gasteiger partial charge in [0.2, 0.25) is 0 Å². The summed E-state index contributed by atoms with van der Waals surface area (Å²) >= 11 is 0. The van der Waals surface area contributed by atoms with Crippen molar-refractivity contribution in [1.29, 1.82) is 0 Å². The number of carbonyl (C=O) groups excluding carboxylic acids is 2. The lowest BCUT2D eigenvalue weighted by atomic mass is 9.91. The van der Waals surface area contributed by atoms with Crippen molar-refractivity contribution in [2.45, 2.75) is 25.0 Å². The van der Waals surface area contributed by atoms with Crippen LogP contribution in [0.5, 0.6) is 0 Å². The van der Waals surface area contributed by atoms with Crippen LogP contribution in [0.4, 0.5) is 9.59 Å². The average molecular weight is 349 g/mol. The van der Waals surface area contributed by atoms with E-state index in [1.807, 2.05) is 0 Å². The van der Waals surface area contributed by atoms with Crippen LogP contribution < -0.4 is 0 Å². The predicted octanol–water partition coefficient (Wildman–Crippen LogP) is 1.33. The number of hydrogen-bond donors (Lipinski definition) is 1. The molecule has 3 heterocycles. The highest BCUT2D eigenvalue weighted by Gasteiger charge is 2.47. The summed E-state index contributed by atoms with van der Waals surface area (Å²) in [6.45, 7) is 1.27. The van der Waals surface area contributed by atoms with Gasteiger partial charge in [0.15, 0.2) is 0 Å². The molecule has 0 saturated carbocycles. The van der Waals surface area contributed by atoms with E-state index >= 15 is 0 Å². The van der Waals surface area contributed by atoms with Crippen LogP contribution in [0, 0.1) is 0 Å². The number of aromatic nitrogens is 1. The van der Waals surface area contributed by atoms with E-state index in [1.54, 1.807) is 18.2 Å². The van der Waals surface area contributed by atoms with Gasteiger partial charge in [-0.3, -0.25) is 4.90 Å². The van der Waals surface area contributed by atoms with Crippen LogP contribution >= 0.6 is 0 Å². The number of hydrogen-bond acceptors (Lipinski definition) is 6. The molecule has 25 heavy (non-hydrogen) atoms. The molecule has 2 aliphatic rings. The van der Waals surface area contributed by atoms with Gasteiger partial charge in [-0.05, 0) is 12.1 Å². The van der Waals surface area contributed by atoms with Gasteiger partial charge in [-0.1, -0.05) is 6.07 Å². The van der Waals surface area contributed by atoms with E-state index in [0.717, 1.165) is 0 Å². The minimum Gasteiger partial charge on any atom is -0.465 e. The van der Waals surface area contributed by atoms with E-state index in [0.29, 0.717) is 38.2 Å². The van der Waals surface area contributed by atoms with Crippen molar-refractivity contribution in [3.8, 4) is 0 Å². The van der Waals surface area contributed by atoms with E-state index < -0.39 is 23.8 Å². The van der Waals surface area contributed by atoms with Crippen LogP contribution in [0.1, 0.15) is 29.0 Å². The van der Waals surface area contributed by atoms with Crippen LogP contribution in [0.15, 0.2) is 18.2 Å². The first-order valence-electron chi connectivity index (χ1n) is 7.92. The maximum Gasteiger partial charge on any atom is 0.410 e. The Morgan fingerprint density at radius 3 is 2.72 bits per heavy atom. The minimum absolute atomic E-state index is 0.178. The van der Waals surface area contributed by atoms with E-state index in [2.05, 4.69) is 9.72 Å². The molecule has 134 valence electrons. The molecule has 3 rings (SSSR count). The standard InChI is InChI=1S/C16H19N3O6/c1-24-13(20)12-4-2-3-11(17-12)9-19-10-16(25-15(19)23)5-7-18(8-6-16)14(21)22/h2-4H,5-10H2,1H3,(H,21,22). The van der Waals surface area contributed by atoms with Crippen LogP contribution in [0.25, 0.3) is 0 Å². The second kappa shape index (κ2) is 6.58. The highest BCUT2D eigenvalue weighted by atomic mass is 16.6. The Kier molecular flexibility index (Phi) is 4.47. The van der Waals surface area contributed by atoms with Gasteiger partial charge in [0.25, 0.3) is 0 Å². The molecule has 2 aliphatic heterocycles. The summed E-state index contributed by atoms with van der Waals surface area (Å²) in [6.07, 6.45) is -0.470. The van der Waals surface area contributed by atoms with Crippen LogP contribution in [-0.4, -0.2) is 70.4 Å². The zero-order valence-corrected chi connectivity index (χ0v) is 13.8. The molecule has 0 radical (unpaired) electrons. The van der Waals surface area contributed by atoms with Gasteiger partial charge in [-0.15, -0.1) is 0 Å². The van der Waals surface area contributed by atoms with Crippen LogP contribution in [-0.2, 0) is 16.0 Å². The summed E-state index contributed by atoms with van der Waals surface area (Å²) < 4.78 is 10.2. The zero-order chi connectivity index (χ0) is 18.0. The normalized spacial score (nSPS) is 19.0. The lowest BCUT2D eigenvalue weighted by Crippen LogP contribution is -2.48. The molecule has 1 N–H and O–H groups in total. The number of carbonyl (C=O) groups is 3. The summed E-state index contributed by atoms with van der Waals surface area (Å²) in [5.74, 6) is -0.539. The summed E-state index contributed by atoms with van der Waals surface area (Å²) in [5, 5.41) is 9.02. The first-order valence-corrected chi connectivity index (χ1v) is 7.92. The van der Waals surface area contributed by atoms with E-state index in [9.17, 15) is 14.4 Å². The first-order chi connectivity index (χ1) is 11.9. The molecule has 0 atom stereocenters. The van der Waals surface area contributed by atoms with Crippen molar-refractivity contribution in [2.75, 3.05) is 26.7 Å². The predicted molar refractivity (Wildman–Crippen MR) is 84.0 cm³/mol. The Labute approximate surface area is 144 Å². The molecule has 1 spiro atoms. The molecule has 2 amide bonds. The van der Waals surface area contributed by atoms with E-state index in [-0.39, 0.29) is 12.2 Å². The number of rotatable bonds is 3. The Hall–Kier alpha value is -2.84. The SMILES string of the molecule is COC(=O)c1cccc(CN2CC3(CCN(C(=O)O)CC3)OC2=O)n1. The monoisotopic (exact) mass is 349 g/mol. The maximum absolute atomic E-state index is 12.2. The van der Waals surface area contributed by atoms with Crippen molar-refractivity contribution in [2.24, 2.45) is 0 Å². The number of esters is 1. The number of methoxy groups -OCH3 is 1. The Morgan fingerprint density at radius 2 is 2.08 bits per heavy atom. The second-order valence-electron chi connectivity index (χ2n) is 6.18. The lowest BCUT2D eigenvalue weighted by Gasteiger charge is -2.35. The van der Waals surface area contributed by atoms with Crippen LogP contribution in [0.3, 0.4) is 0 Å². The minimum atomic E-state index is -0.958. The molecule has 9 nitrogen and oxygen atoms in total. The molecule has 9 heteroatoms. The highest BCUT2D eigenvalue weighted by molar-refractivity contribution is 5.87. The van der Waals surface area contributed by atoms with Crippen molar-refractivity contribution >= 4 is 18.2 Å². The summed E-state index contributed by atoms with van der Waals surface area (Å²) in [7, 11) is 1.28. The van der Waals surface area contributed by atoms with Gasteiger partial charge < -0.3 is 19.5 Å². The van der Waals surface area contributed by atoms with Crippen molar-refractivity contribution < 1.29 is 29.0 Å². The smallest absolute Gasteiger partial charge is 0.410 e. The number of carboxylic acid groups (broad SMARTS) is 1. The fourth-order valence-corrected chi connectivity index (χ4v) is 3.16. The molecule has 2 saturated heterocycles. The molecule has 0 unspecified atom stereocenters. The van der Waals surface area contributed by atoms with Gasteiger partial charge in [0.1, 0.15) is 11.3 Å². The number of ether oxygens (including phenoxy) is 2. The molecule has 2 fully saturated rings. The fourth-order valence-electron chi connectivity index (χ4n) is 3.16. The summed E-state index contributed by atoms with van der Waals surface area (Å²) in [6, 6.07) is 4.94. The maximum atomic E-state index is 12.2. The number of amides is 2. The van der Waals surface area contributed by atoms with Crippen molar-refractivity contribution in [3.63, 3.8) is 0 Å². The third kappa shape index (κ3) is 3.49. The second-order valence-corrected chi connectivity index (χ2v) is 6.18. The van der Waals surface area contributed by atoms with Crippen molar-refractivity contribution in [1.82, 2.24) is 14.8 Å². The molecule has 0 aromatic carbocycles. The molecule has 0 bridgehead atoms. The summed E-state index contributed by atoms with van der Waals surface area (Å²) in [5.41, 5.74) is 0.0834. The highest BCUT2D eigenvalue weighted by Crippen LogP contribution is 2.33. The van der Waals surface area contributed by atoms with Gasteiger partial charge in [-0.25, -0.2) is 19.4 Å². The molecule has 1 aromatic rings. The quantitative estimate of drug-likeness (QED) is 0.820. The average Bonchev–Trinajstić information content (AvgIpc) is 2.89. The number of piperidine rings is 1. The topological polar surface area (TPSA) is 109 Å². The summed E-state index contributed by atoms with van der Waals surface area (Å²) in [4.78, 5) is 41.8. The van der Waals surface area contributed by atoms with Crippen LogP contribution in [0.2, 0.25) is 0 Å². The zero-order valence-electron chi connectivity index (χ0n) is 13.8. The number of pyridine rings is 1. The molecular weight excluding hydrogens is 330 g/mol. The number of likely N-dealkylation sites (tertiary alicyclic amines) is 1. The number of nitrogens with zero attached hydrogens (tertiary/aromatic N) is 3. The Bertz CT molecular complexity index is 699.